The highest BCUT2D eigenvalue weighted by molar-refractivity contribution is 9.10. The number of rotatable bonds is 3. The van der Waals surface area contributed by atoms with E-state index in [0.29, 0.717) is 4.47 Å². The molecule has 0 bridgehead atoms. The first-order valence-corrected chi connectivity index (χ1v) is 5.65. The first-order chi connectivity index (χ1) is 9.02. The Hall–Kier alpha value is -2.49. The van der Waals surface area contributed by atoms with E-state index in [-0.39, 0.29) is 22.9 Å². The van der Waals surface area contributed by atoms with Crippen LogP contribution in [0.2, 0.25) is 0 Å². The Morgan fingerprint density at radius 2 is 2.32 bits per heavy atom. The Kier molecular flexibility index (Phi) is 3.42. The van der Waals surface area contributed by atoms with Crippen molar-refractivity contribution in [2.24, 2.45) is 10.9 Å². The molecule has 0 spiro atoms. The summed E-state index contributed by atoms with van der Waals surface area (Å²) in [6.45, 7) is 0. The highest BCUT2D eigenvalue weighted by Crippen LogP contribution is 2.19. The second kappa shape index (κ2) is 5.02. The molecule has 0 radical (unpaired) electrons. The van der Waals surface area contributed by atoms with Gasteiger partial charge in [-0.05, 0) is 15.9 Å². The number of nitrogens with two attached hydrogens (primary N) is 1. The molecule has 3 N–H and O–H groups in total. The van der Waals surface area contributed by atoms with Crippen LogP contribution in [0.25, 0.3) is 5.82 Å². The molecule has 10 heteroatoms. The van der Waals surface area contributed by atoms with Crippen LogP contribution in [0, 0.1) is 10.1 Å². The number of aromatic nitrogens is 3. The lowest BCUT2D eigenvalue weighted by atomic mass is 10.2. The minimum absolute atomic E-state index is 0.104. The van der Waals surface area contributed by atoms with Gasteiger partial charge in [0, 0.05) is 12.3 Å². The smallest absolute Gasteiger partial charge is 0.288 e. The van der Waals surface area contributed by atoms with E-state index in [1.807, 2.05) is 0 Å². The van der Waals surface area contributed by atoms with Crippen molar-refractivity contribution >= 4 is 27.5 Å². The van der Waals surface area contributed by atoms with Gasteiger partial charge >= 0.3 is 0 Å². The summed E-state index contributed by atoms with van der Waals surface area (Å²) >= 11 is 3.22. The fourth-order valence-corrected chi connectivity index (χ4v) is 1.67. The summed E-state index contributed by atoms with van der Waals surface area (Å²) < 4.78 is 2.04. The molecule has 2 aromatic rings. The number of oxime groups is 1. The van der Waals surface area contributed by atoms with E-state index in [1.54, 1.807) is 6.20 Å². The van der Waals surface area contributed by atoms with Crippen molar-refractivity contribution < 1.29 is 10.1 Å². The van der Waals surface area contributed by atoms with Crippen LogP contribution in [0.15, 0.2) is 34.3 Å². The van der Waals surface area contributed by atoms with Crippen molar-refractivity contribution in [1.29, 1.82) is 0 Å². The van der Waals surface area contributed by atoms with Gasteiger partial charge in [-0.25, -0.2) is 9.67 Å². The molecule has 0 aliphatic rings. The van der Waals surface area contributed by atoms with Gasteiger partial charge in [0.1, 0.15) is 6.20 Å². The Morgan fingerprint density at radius 3 is 2.84 bits per heavy atom. The molecule has 0 saturated heterocycles. The SMILES string of the molecule is NC(=NO)c1cc([N+](=O)[O-])cnc1-n1cc(Br)cn1. The molecule has 0 aliphatic carbocycles. The van der Waals surface area contributed by atoms with E-state index >= 15 is 0 Å². The summed E-state index contributed by atoms with van der Waals surface area (Å²) in [6.07, 6.45) is 4.17. The number of nitrogens with zero attached hydrogens (tertiary/aromatic N) is 5. The van der Waals surface area contributed by atoms with Crippen LogP contribution in [-0.2, 0) is 0 Å². The van der Waals surface area contributed by atoms with Gasteiger partial charge in [-0.15, -0.1) is 0 Å². The maximum atomic E-state index is 10.7. The number of amidine groups is 1. The number of pyridine rings is 1. The highest BCUT2D eigenvalue weighted by Gasteiger charge is 2.17. The van der Waals surface area contributed by atoms with Gasteiger partial charge < -0.3 is 10.9 Å². The number of nitro groups is 1. The molecule has 0 aliphatic heterocycles. The Bertz CT molecular complexity index is 668. The van der Waals surface area contributed by atoms with E-state index < -0.39 is 4.92 Å². The third kappa shape index (κ3) is 2.52. The van der Waals surface area contributed by atoms with Crippen LogP contribution < -0.4 is 5.73 Å². The molecular weight excluding hydrogens is 320 g/mol. The van der Waals surface area contributed by atoms with Gasteiger partial charge in [-0.2, -0.15) is 5.10 Å². The molecule has 0 saturated carbocycles. The Balaban J connectivity index is 2.63. The van der Waals surface area contributed by atoms with E-state index in [2.05, 4.69) is 31.2 Å². The molecule has 0 atom stereocenters. The summed E-state index contributed by atoms with van der Waals surface area (Å²) in [6, 6.07) is 1.16. The predicted octanol–water partition coefficient (Wildman–Crippen LogP) is 1.03. The molecule has 2 aromatic heterocycles. The second-order valence-corrected chi connectivity index (χ2v) is 4.33. The van der Waals surface area contributed by atoms with E-state index in [0.717, 1.165) is 12.3 Å². The number of hydrogen-bond acceptors (Lipinski definition) is 6. The number of halogens is 1. The van der Waals surface area contributed by atoms with Crippen LogP contribution in [0.4, 0.5) is 5.69 Å². The zero-order chi connectivity index (χ0) is 14.0. The maximum Gasteiger partial charge on any atom is 0.288 e. The summed E-state index contributed by atoms with van der Waals surface area (Å²) in [5.41, 5.74) is 5.33. The van der Waals surface area contributed by atoms with Gasteiger partial charge in [-0.3, -0.25) is 10.1 Å². The van der Waals surface area contributed by atoms with Crippen molar-refractivity contribution in [2.75, 3.05) is 0 Å². The molecule has 98 valence electrons. The molecule has 2 rings (SSSR count). The maximum absolute atomic E-state index is 10.7. The minimum atomic E-state index is -0.621. The molecule has 0 aromatic carbocycles. The normalized spacial score (nSPS) is 11.5. The lowest BCUT2D eigenvalue weighted by Gasteiger charge is -2.06. The van der Waals surface area contributed by atoms with Crippen molar-refractivity contribution in [3.8, 4) is 5.82 Å². The van der Waals surface area contributed by atoms with Crippen molar-refractivity contribution in [1.82, 2.24) is 14.8 Å². The third-order valence-electron chi connectivity index (χ3n) is 2.21. The van der Waals surface area contributed by atoms with Crippen LogP contribution in [0.5, 0.6) is 0 Å². The zero-order valence-electron chi connectivity index (χ0n) is 9.26. The summed E-state index contributed by atoms with van der Waals surface area (Å²) in [4.78, 5) is 14.0. The lowest BCUT2D eigenvalue weighted by molar-refractivity contribution is -0.385. The van der Waals surface area contributed by atoms with Crippen LogP contribution >= 0.6 is 15.9 Å². The average molecular weight is 327 g/mol. The lowest BCUT2D eigenvalue weighted by Crippen LogP contribution is -2.18. The van der Waals surface area contributed by atoms with Gasteiger partial charge in [0.05, 0.1) is 21.2 Å². The van der Waals surface area contributed by atoms with E-state index in [9.17, 15) is 10.1 Å². The van der Waals surface area contributed by atoms with E-state index in [1.165, 1.54) is 10.9 Å². The zero-order valence-corrected chi connectivity index (χ0v) is 10.9. The quantitative estimate of drug-likeness (QED) is 0.284. The van der Waals surface area contributed by atoms with Crippen molar-refractivity contribution in [3.05, 3.63) is 44.8 Å². The van der Waals surface area contributed by atoms with Gasteiger partial charge in [0.25, 0.3) is 5.69 Å². The van der Waals surface area contributed by atoms with Gasteiger partial charge in [0.2, 0.25) is 0 Å². The monoisotopic (exact) mass is 326 g/mol. The Morgan fingerprint density at radius 1 is 1.58 bits per heavy atom. The molecule has 0 fully saturated rings. The van der Waals surface area contributed by atoms with Gasteiger partial charge in [0.15, 0.2) is 11.7 Å². The summed E-state index contributed by atoms with van der Waals surface area (Å²) in [5, 5.41) is 26.2. The summed E-state index contributed by atoms with van der Waals surface area (Å²) in [7, 11) is 0. The second-order valence-electron chi connectivity index (χ2n) is 3.41. The predicted molar refractivity (Wildman–Crippen MR) is 68.2 cm³/mol. The van der Waals surface area contributed by atoms with Crippen molar-refractivity contribution in [3.63, 3.8) is 0 Å². The fraction of sp³-hybridized carbons (Fsp3) is 0. The fourth-order valence-electron chi connectivity index (χ4n) is 1.39. The van der Waals surface area contributed by atoms with Gasteiger partial charge in [-0.1, -0.05) is 5.16 Å². The number of hydrogen-bond donors (Lipinski definition) is 2. The molecule has 9 nitrogen and oxygen atoms in total. The largest absolute Gasteiger partial charge is 0.409 e. The topological polar surface area (TPSA) is 132 Å². The summed E-state index contributed by atoms with van der Waals surface area (Å²) in [5.74, 6) is -0.0792. The first kappa shape index (κ1) is 13.0. The first-order valence-electron chi connectivity index (χ1n) is 4.86. The van der Waals surface area contributed by atoms with E-state index in [4.69, 9.17) is 10.9 Å². The third-order valence-corrected chi connectivity index (χ3v) is 2.62. The molecule has 2 heterocycles. The van der Waals surface area contributed by atoms with Crippen LogP contribution in [0.1, 0.15) is 5.56 Å². The standard InChI is InChI=1S/C9H7BrN6O3/c10-5-2-13-15(4-5)9-7(8(11)14-17)1-6(3-12-9)16(18)19/h1-4,17H,(H2,11,14). The molecule has 0 unspecified atom stereocenters. The molecule has 0 amide bonds. The minimum Gasteiger partial charge on any atom is -0.409 e. The van der Waals surface area contributed by atoms with Crippen LogP contribution in [-0.4, -0.2) is 30.7 Å². The van der Waals surface area contributed by atoms with Crippen LogP contribution in [0.3, 0.4) is 0 Å². The average Bonchev–Trinajstić information content (AvgIpc) is 2.83. The Labute approximate surface area is 114 Å². The molecule has 19 heavy (non-hydrogen) atoms. The molecular formula is C9H7BrN6O3. The van der Waals surface area contributed by atoms with Crippen molar-refractivity contribution in [2.45, 2.75) is 0 Å². The highest BCUT2D eigenvalue weighted by atomic mass is 79.9.